The lowest BCUT2D eigenvalue weighted by Gasteiger charge is -2.49. The summed E-state index contributed by atoms with van der Waals surface area (Å²) in [5, 5.41) is 0. The highest BCUT2D eigenvalue weighted by molar-refractivity contribution is 8.01. The second-order valence-corrected chi connectivity index (χ2v) is 8.45. The highest BCUT2D eigenvalue weighted by Crippen LogP contribution is 2.46. The van der Waals surface area contributed by atoms with E-state index in [1.54, 1.807) is 0 Å². The maximum atomic E-state index is 6.09. The zero-order valence-electron chi connectivity index (χ0n) is 12.5. The van der Waals surface area contributed by atoms with Gasteiger partial charge in [-0.05, 0) is 36.8 Å². The Labute approximate surface area is 131 Å². The Balaban J connectivity index is 1.21. The van der Waals surface area contributed by atoms with Gasteiger partial charge in [0.2, 0.25) is 0 Å². The van der Waals surface area contributed by atoms with E-state index in [0.717, 1.165) is 11.7 Å². The average molecular weight is 304 g/mol. The monoisotopic (exact) mass is 304 g/mol. The van der Waals surface area contributed by atoms with Crippen LogP contribution in [0.4, 0.5) is 0 Å². The lowest BCUT2D eigenvalue weighted by atomic mass is 9.83. The summed E-state index contributed by atoms with van der Waals surface area (Å²) in [6.45, 7) is 4.65. The molecule has 4 rings (SSSR count). The first-order valence-electron chi connectivity index (χ1n) is 8.18. The molecule has 1 atom stereocenters. The van der Waals surface area contributed by atoms with E-state index in [0.29, 0.717) is 17.5 Å². The number of hydrogen-bond acceptors (Lipinski definition) is 4. The zero-order chi connectivity index (χ0) is 14.1. The maximum absolute atomic E-state index is 6.09. The van der Waals surface area contributed by atoms with E-state index in [-0.39, 0.29) is 0 Å². The van der Waals surface area contributed by atoms with E-state index < -0.39 is 0 Å². The van der Waals surface area contributed by atoms with Crippen LogP contribution in [0.2, 0.25) is 0 Å². The minimum absolute atomic E-state index is 0.432. The van der Waals surface area contributed by atoms with Crippen LogP contribution in [0.5, 0.6) is 0 Å². The van der Waals surface area contributed by atoms with E-state index in [1.807, 2.05) is 18.5 Å². The predicted octanol–water partition coefficient (Wildman–Crippen LogP) is 2.96. The molecule has 1 aromatic rings. The smallest absolute Gasteiger partial charge is 0.0736 e. The minimum atomic E-state index is 0.432. The van der Waals surface area contributed by atoms with Crippen molar-refractivity contribution in [2.45, 2.75) is 43.1 Å². The Morgan fingerprint density at radius 2 is 2.29 bits per heavy atom. The van der Waals surface area contributed by atoms with Crippen LogP contribution in [-0.4, -0.2) is 46.1 Å². The van der Waals surface area contributed by atoms with Crippen molar-refractivity contribution in [2.75, 3.05) is 25.4 Å². The van der Waals surface area contributed by atoms with Crippen molar-refractivity contribution in [3.63, 3.8) is 0 Å². The SMILES string of the molecule is c1cncc(COC2CSC3(C2)CN(CC2CCC2)C3)c1. The summed E-state index contributed by atoms with van der Waals surface area (Å²) in [4.78, 5) is 6.81. The summed E-state index contributed by atoms with van der Waals surface area (Å²) >= 11 is 2.15. The number of rotatable bonds is 5. The Morgan fingerprint density at radius 3 is 3.00 bits per heavy atom. The van der Waals surface area contributed by atoms with Gasteiger partial charge in [0.15, 0.2) is 0 Å². The number of nitrogens with zero attached hydrogens (tertiary/aromatic N) is 2. The van der Waals surface area contributed by atoms with Gasteiger partial charge in [-0.15, -0.1) is 11.8 Å². The van der Waals surface area contributed by atoms with Gasteiger partial charge >= 0.3 is 0 Å². The van der Waals surface area contributed by atoms with Crippen molar-refractivity contribution in [3.8, 4) is 0 Å². The molecule has 4 heteroatoms. The molecule has 21 heavy (non-hydrogen) atoms. The van der Waals surface area contributed by atoms with Crippen LogP contribution in [0.1, 0.15) is 31.2 Å². The molecule has 0 radical (unpaired) electrons. The Morgan fingerprint density at radius 1 is 1.38 bits per heavy atom. The predicted molar refractivity (Wildman–Crippen MR) is 86.4 cm³/mol. The lowest BCUT2D eigenvalue weighted by Crippen LogP contribution is -2.60. The fraction of sp³-hybridized carbons (Fsp3) is 0.706. The van der Waals surface area contributed by atoms with Crippen molar-refractivity contribution in [1.82, 2.24) is 9.88 Å². The standard InChI is InChI=1S/C17H24N2OS/c1-3-14(4-1)9-19-12-17(13-19)7-16(11-21-17)20-10-15-5-2-6-18-8-15/h2,5-6,8,14,16H,1,3-4,7,9-13H2. The third-order valence-corrected chi connectivity index (χ3v) is 6.72. The summed E-state index contributed by atoms with van der Waals surface area (Å²) in [6.07, 6.45) is 9.78. The molecule has 2 aliphatic heterocycles. The molecule has 0 bridgehead atoms. The van der Waals surface area contributed by atoms with Crippen LogP contribution in [0, 0.1) is 5.92 Å². The summed E-state index contributed by atoms with van der Waals surface area (Å²) in [6, 6.07) is 4.07. The summed E-state index contributed by atoms with van der Waals surface area (Å²) in [5.41, 5.74) is 1.18. The van der Waals surface area contributed by atoms with E-state index in [4.69, 9.17) is 4.74 Å². The normalized spacial score (nSPS) is 28.5. The molecular weight excluding hydrogens is 280 g/mol. The van der Waals surface area contributed by atoms with Crippen LogP contribution in [0.3, 0.4) is 0 Å². The number of ether oxygens (including phenoxy) is 1. The zero-order valence-corrected chi connectivity index (χ0v) is 13.4. The van der Waals surface area contributed by atoms with Crippen LogP contribution < -0.4 is 0 Å². The molecule has 1 saturated carbocycles. The van der Waals surface area contributed by atoms with Gasteiger partial charge < -0.3 is 9.64 Å². The summed E-state index contributed by atoms with van der Waals surface area (Å²) in [5.74, 6) is 2.17. The van der Waals surface area contributed by atoms with Crippen molar-refractivity contribution in [3.05, 3.63) is 30.1 Å². The van der Waals surface area contributed by atoms with Crippen molar-refractivity contribution >= 4 is 11.8 Å². The van der Waals surface area contributed by atoms with Crippen LogP contribution in [-0.2, 0) is 11.3 Å². The van der Waals surface area contributed by atoms with Crippen molar-refractivity contribution in [2.24, 2.45) is 5.92 Å². The topological polar surface area (TPSA) is 25.4 Å². The molecule has 3 aliphatic rings. The van der Waals surface area contributed by atoms with E-state index in [1.165, 1.54) is 50.9 Å². The quantitative estimate of drug-likeness (QED) is 0.835. The fourth-order valence-corrected chi connectivity index (χ4v) is 5.37. The Kier molecular flexibility index (Phi) is 3.94. The molecule has 1 aromatic heterocycles. The van der Waals surface area contributed by atoms with Gasteiger partial charge in [-0.2, -0.15) is 0 Å². The Bertz CT molecular complexity index is 471. The first-order valence-corrected chi connectivity index (χ1v) is 9.17. The molecule has 3 fully saturated rings. The molecule has 0 aromatic carbocycles. The highest BCUT2D eigenvalue weighted by Gasteiger charge is 2.49. The Hall–Kier alpha value is -0.580. The first kappa shape index (κ1) is 14.0. The fourth-order valence-electron chi connectivity index (χ4n) is 3.77. The molecule has 1 aliphatic carbocycles. The molecule has 114 valence electrons. The van der Waals surface area contributed by atoms with Gasteiger partial charge in [-0.3, -0.25) is 4.98 Å². The second-order valence-electron chi connectivity index (χ2n) is 6.96. The molecular formula is C17H24N2OS. The molecule has 1 unspecified atom stereocenters. The molecule has 0 N–H and O–H groups in total. The first-order chi connectivity index (χ1) is 10.3. The van der Waals surface area contributed by atoms with Gasteiger partial charge in [0, 0.05) is 42.5 Å². The van der Waals surface area contributed by atoms with Gasteiger partial charge in [0.05, 0.1) is 12.7 Å². The number of thioether (sulfide) groups is 1. The minimum Gasteiger partial charge on any atom is -0.373 e. The van der Waals surface area contributed by atoms with Gasteiger partial charge in [0.25, 0.3) is 0 Å². The summed E-state index contributed by atoms with van der Waals surface area (Å²) < 4.78 is 6.61. The molecule has 2 saturated heterocycles. The van der Waals surface area contributed by atoms with Crippen LogP contribution >= 0.6 is 11.8 Å². The van der Waals surface area contributed by atoms with E-state index >= 15 is 0 Å². The average Bonchev–Trinajstić information content (AvgIpc) is 2.85. The number of aromatic nitrogens is 1. The third-order valence-electron chi connectivity index (χ3n) is 5.15. The number of pyridine rings is 1. The largest absolute Gasteiger partial charge is 0.373 e. The highest BCUT2D eigenvalue weighted by atomic mass is 32.2. The molecule has 3 nitrogen and oxygen atoms in total. The number of likely N-dealkylation sites (tertiary alicyclic amines) is 1. The molecule has 3 heterocycles. The summed E-state index contributed by atoms with van der Waals surface area (Å²) in [7, 11) is 0. The van der Waals surface area contributed by atoms with Gasteiger partial charge in [-0.1, -0.05) is 12.5 Å². The third kappa shape index (κ3) is 3.13. The van der Waals surface area contributed by atoms with Crippen LogP contribution in [0.25, 0.3) is 0 Å². The van der Waals surface area contributed by atoms with Gasteiger partial charge in [0.1, 0.15) is 0 Å². The molecule has 0 amide bonds. The number of hydrogen-bond donors (Lipinski definition) is 0. The van der Waals surface area contributed by atoms with E-state index in [9.17, 15) is 0 Å². The van der Waals surface area contributed by atoms with E-state index in [2.05, 4.69) is 27.7 Å². The van der Waals surface area contributed by atoms with Crippen molar-refractivity contribution in [1.29, 1.82) is 0 Å². The van der Waals surface area contributed by atoms with Crippen molar-refractivity contribution < 1.29 is 4.74 Å². The lowest BCUT2D eigenvalue weighted by molar-refractivity contribution is 0.0208. The maximum Gasteiger partial charge on any atom is 0.0736 e. The van der Waals surface area contributed by atoms with Crippen LogP contribution in [0.15, 0.2) is 24.5 Å². The van der Waals surface area contributed by atoms with Gasteiger partial charge in [-0.25, -0.2) is 0 Å². The molecule has 1 spiro atoms. The second kappa shape index (κ2) is 5.90.